The van der Waals surface area contributed by atoms with Crippen molar-refractivity contribution >= 4 is 31.6 Å². The molecule has 0 fully saturated rings. The molecule has 2 rings (SSSR count). The number of anilines is 1. The van der Waals surface area contributed by atoms with Crippen molar-refractivity contribution in [2.75, 3.05) is 4.72 Å². The zero-order valence-corrected chi connectivity index (χ0v) is 12.9. The Kier molecular flexibility index (Phi) is 4.11. The smallest absolute Gasteiger partial charge is 0.279 e. The van der Waals surface area contributed by atoms with Gasteiger partial charge in [-0.15, -0.1) is 0 Å². The van der Waals surface area contributed by atoms with Gasteiger partial charge >= 0.3 is 0 Å². The number of nitrogens with zero attached hydrogens (tertiary/aromatic N) is 2. The van der Waals surface area contributed by atoms with Gasteiger partial charge < -0.3 is 4.98 Å². The maximum Gasteiger partial charge on any atom is 0.279 e. The van der Waals surface area contributed by atoms with Gasteiger partial charge in [-0.1, -0.05) is 22.9 Å². The Bertz CT molecular complexity index is 777. The Hall–Kier alpha value is -1.85. The van der Waals surface area contributed by atoms with E-state index in [1.165, 1.54) is 18.3 Å². The van der Waals surface area contributed by atoms with E-state index < -0.39 is 10.0 Å². The van der Waals surface area contributed by atoms with Gasteiger partial charge in [0.25, 0.3) is 10.0 Å². The van der Waals surface area contributed by atoms with Crippen LogP contribution in [0.1, 0.15) is 18.3 Å². The number of nitriles is 1. The summed E-state index contributed by atoms with van der Waals surface area (Å²) in [6, 6.07) is 6.68. The Morgan fingerprint density at radius 2 is 2.25 bits per heavy atom. The molecule has 2 aromatic rings. The van der Waals surface area contributed by atoms with E-state index in [2.05, 4.69) is 30.6 Å². The fourth-order valence-corrected chi connectivity index (χ4v) is 2.93. The summed E-state index contributed by atoms with van der Waals surface area (Å²) in [7, 11) is -3.79. The number of sulfonamides is 1. The lowest BCUT2D eigenvalue weighted by Crippen LogP contribution is -2.14. The van der Waals surface area contributed by atoms with Gasteiger partial charge in [0.1, 0.15) is 11.9 Å². The summed E-state index contributed by atoms with van der Waals surface area (Å²) in [5, 5.41) is 8.97. The third-order valence-corrected chi connectivity index (χ3v) is 4.34. The Morgan fingerprint density at radius 1 is 1.50 bits per heavy atom. The number of benzene rings is 1. The number of aryl methyl sites for hydroxylation is 1. The van der Waals surface area contributed by atoms with E-state index in [0.29, 0.717) is 16.7 Å². The summed E-state index contributed by atoms with van der Waals surface area (Å²) in [5.41, 5.74) is 0.460. The predicted molar refractivity (Wildman–Crippen MR) is 77.6 cm³/mol. The quantitative estimate of drug-likeness (QED) is 0.880. The number of aromatic amines is 1. The second-order valence-corrected chi connectivity index (χ2v) is 6.52. The number of nitrogens with one attached hydrogen (secondary N) is 2. The molecule has 6 nitrogen and oxygen atoms in total. The molecule has 0 aliphatic carbocycles. The van der Waals surface area contributed by atoms with Crippen LogP contribution in [0, 0.1) is 11.3 Å². The molecular weight excluding hydrogens is 344 g/mol. The molecule has 8 heteroatoms. The van der Waals surface area contributed by atoms with E-state index in [0.717, 1.165) is 0 Å². The highest BCUT2D eigenvalue weighted by molar-refractivity contribution is 9.10. The minimum atomic E-state index is -3.79. The van der Waals surface area contributed by atoms with Gasteiger partial charge in [-0.25, -0.2) is 4.98 Å². The van der Waals surface area contributed by atoms with Crippen LogP contribution in [-0.2, 0) is 16.4 Å². The van der Waals surface area contributed by atoms with Gasteiger partial charge in [0.05, 0.1) is 17.4 Å². The highest BCUT2D eigenvalue weighted by Gasteiger charge is 2.18. The zero-order chi connectivity index (χ0) is 14.8. The average Bonchev–Trinajstić information content (AvgIpc) is 2.88. The van der Waals surface area contributed by atoms with Gasteiger partial charge in [0.15, 0.2) is 5.03 Å². The second kappa shape index (κ2) is 5.64. The summed E-state index contributed by atoms with van der Waals surface area (Å²) >= 11 is 3.24. The Morgan fingerprint density at radius 3 is 2.85 bits per heavy atom. The van der Waals surface area contributed by atoms with E-state index in [1.54, 1.807) is 6.07 Å². The normalized spacial score (nSPS) is 11.1. The molecule has 0 amide bonds. The third kappa shape index (κ3) is 3.00. The molecule has 20 heavy (non-hydrogen) atoms. The van der Waals surface area contributed by atoms with Crippen molar-refractivity contribution in [1.82, 2.24) is 9.97 Å². The molecule has 2 N–H and O–H groups in total. The van der Waals surface area contributed by atoms with E-state index in [9.17, 15) is 8.42 Å². The van der Waals surface area contributed by atoms with Crippen LogP contribution < -0.4 is 4.72 Å². The average molecular weight is 355 g/mol. The largest absolute Gasteiger partial charge is 0.332 e. The van der Waals surface area contributed by atoms with Crippen LogP contribution in [-0.4, -0.2) is 18.4 Å². The van der Waals surface area contributed by atoms with Gasteiger partial charge in [-0.05, 0) is 18.2 Å². The monoisotopic (exact) mass is 354 g/mol. The Labute approximate surface area is 125 Å². The molecule has 0 radical (unpaired) electrons. The third-order valence-electron chi connectivity index (χ3n) is 2.58. The van der Waals surface area contributed by atoms with Crippen LogP contribution in [0.15, 0.2) is 33.9 Å². The number of imidazole rings is 1. The first-order valence-corrected chi connectivity index (χ1v) is 8.00. The molecule has 0 saturated carbocycles. The number of aromatic nitrogens is 2. The number of hydrogen-bond acceptors (Lipinski definition) is 4. The van der Waals surface area contributed by atoms with Crippen molar-refractivity contribution in [2.24, 2.45) is 0 Å². The maximum atomic E-state index is 12.2. The highest BCUT2D eigenvalue weighted by atomic mass is 79.9. The summed E-state index contributed by atoms with van der Waals surface area (Å²) in [6.07, 6.45) is 1.86. The number of halogens is 1. The molecule has 1 aromatic carbocycles. The van der Waals surface area contributed by atoms with Gasteiger partial charge in [0.2, 0.25) is 0 Å². The van der Waals surface area contributed by atoms with Crippen molar-refractivity contribution < 1.29 is 8.42 Å². The van der Waals surface area contributed by atoms with E-state index >= 15 is 0 Å². The fraction of sp³-hybridized carbons (Fsp3) is 0.167. The molecule has 1 heterocycles. The number of hydrogen-bond donors (Lipinski definition) is 2. The second-order valence-electron chi connectivity index (χ2n) is 3.95. The SMILES string of the molecule is CCc1ncc(S(=O)(=O)Nc2cc(Br)ccc2C#N)[nH]1. The Balaban J connectivity index is 2.38. The van der Waals surface area contributed by atoms with Crippen molar-refractivity contribution in [3.63, 3.8) is 0 Å². The maximum absolute atomic E-state index is 12.2. The predicted octanol–water partition coefficient (Wildman–Crippen LogP) is 2.41. The molecule has 0 aliphatic rings. The van der Waals surface area contributed by atoms with Crippen LogP contribution in [0.5, 0.6) is 0 Å². The van der Waals surface area contributed by atoms with Crippen molar-refractivity contribution in [3.05, 3.63) is 40.3 Å². The topological polar surface area (TPSA) is 98.6 Å². The molecule has 0 saturated heterocycles. The molecule has 1 aromatic heterocycles. The van der Waals surface area contributed by atoms with Crippen molar-refractivity contribution in [3.8, 4) is 6.07 Å². The minimum Gasteiger partial charge on any atom is -0.332 e. The molecule has 104 valence electrons. The standard InChI is InChI=1S/C12H11BrN4O2S/c1-2-11-15-7-12(16-11)20(18,19)17-10-5-9(13)4-3-8(10)6-14/h3-5,7,17H,2H2,1H3,(H,15,16). The van der Waals surface area contributed by atoms with Gasteiger partial charge in [0, 0.05) is 10.9 Å². The number of rotatable bonds is 4. The molecule has 0 unspecified atom stereocenters. The lowest BCUT2D eigenvalue weighted by Gasteiger charge is -2.08. The highest BCUT2D eigenvalue weighted by Crippen LogP contribution is 2.23. The van der Waals surface area contributed by atoms with E-state index in [4.69, 9.17) is 5.26 Å². The van der Waals surface area contributed by atoms with Crippen LogP contribution >= 0.6 is 15.9 Å². The van der Waals surface area contributed by atoms with Gasteiger partial charge in [-0.3, -0.25) is 4.72 Å². The molecule has 0 spiro atoms. The van der Waals surface area contributed by atoms with Gasteiger partial charge in [-0.2, -0.15) is 13.7 Å². The number of H-pyrrole nitrogens is 1. The first kappa shape index (κ1) is 14.6. The summed E-state index contributed by atoms with van der Waals surface area (Å²) in [4.78, 5) is 6.67. The summed E-state index contributed by atoms with van der Waals surface area (Å²) in [5.74, 6) is 0.583. The fourth-order valence-electron chi connectivity index (χ4n) is 1.56. The zero-order valence-electron chi connectivity index (χ0n) is 10.5. The van der Waals surface area contributed by atoms with Crippen LogP contribution in [0.25, 0.3) is 0 Å². The molecule has 0 atom stereocenters. The molecule has 0 aliphatic heterocycles. The van der Waals surface area contributed by atoms with Crippen molar-refractivity contribution in [2.45, 2.75) is 18.4 Å². The summed E-state index contributed by atoms with van der Waals surface area (Å²) in [6.45, 7) is 1.87. The first-order chi connectivity index (χ1) is 9.46. The summed E-state index contributed by atoms with van der Waals surface area (Å²) < 4.78 is 27.5. The molecular formula is C12H11BrN4O2S. The lowest BCUT2D eigenvalue weighted by molar-refractivity contribution is 0.598. The van der Waals surface area contributed by atoms with Crippen LogP contribution in [0.4, 0.5) is 5.69 Å². The minimum absolute atomic E-state index is 0.0294. The first-order valence-electron chi connectivity index (χ1n) is 5.72. The molecule has 0 bridgehead atoms. The van der Waals surface area contributed by atoms with Crippen LogP contribution in [0.2, 0.25) is 0 Å². The van der Waals surface area contributed by atoms with Crippen LogP contribution in [0.3, 0.4) is 0 Å². The van der Waals surface area contributed by atoms with E-state index in [-0.39, 0.29) is 16.3 Å². The van der Waals surface area contributed by atoms with E-state index in [1.807, 2.05) is 13.0 Å². The lowest BCUT2D eigenvalue weighted by atomic mass is 10.2. The van der Waals surface area contributed by atoms with Crippen molar-refractivity contribution in [1.29, 1.82) is 5.26 Å².